The van der Waals surface area contributed by atoms with Gasteiger partial charge in [0.1, 0.15) is 5.82 Å². The highest BCUT2D eigenvalue weighted by Gasteiger charge is 2.34. The van der Waals surface area contributed by atoms with Gasteiger partial charge in [0.15, 0.2) is 6.04 Å². The first-order valence-corrected chi connectivity index (χ1v) is 12.3. The van der Waals surface area contributed by atoms with Crippen molar-refractivity contribution in [3.8, 4) is 0 Å². The summed E-state index contributed by atoms with van der Waals surface area (Å²) in [5.74, 6) is -0.731. The van der Waals surface area contributed by atoms with E-state index in [1.165, 1.54) is 29.9 Å². The van der Waals surface area contributed by atoms with Crippen LogP contribution in [0.15, 0.2) is 66.2 Å². The van der Waals surface area contributed by atoms with Crippen molar-refractivity contribution in [1.29, 1.82) is 0 Å². The highest BCUT2D eigenvalue weighted by molar-refractivity contribution is 7.10. The Morgan fingerprint density at radius 3 is 2.52 bits per heavy atom. The SMILES string of the molecule is O=C(NC1CCCCC1)[C@@H](c1ccccn1)N(Cc1ccc(F)cc1)C(=O)Cc1cccs1. The van der Waals surface area contributed by atoms with Crippen molar-refractivity contribution in [3.63, 3.8) is 0 Å². The predicted octanol–water partition coefficient (Wildman–Crippen LogP) is 5.04. The first-order chi connectivity index (χ1) is 16.1. The van der Waals surface area contributed by atoms with E-state index in [0.717, 1.165) is 36.1 Å². The molecule has 1 N–H and O–H groups in total. The number of pyridine rings is 1. The van der Waals surface area contributed by atoms with E-state index in [9.17, 15) is 14.0 Å². The molecule has 0 spiro atoms. The van der Waals surface area contributed by atoms with E-state index in [1.54, 1.807) is 35.4 Å². The lowest BCUT2D eigenvalue weighted by Crippen LogP contribution is -2.47. The molecule has 33 heavy (non-hydrogen) atoms. The summed E-state index contributed by atoms with van der Waals surface area (Å²) in [5.41, 5.74) is 1.27. The highest BCUT2D eigenvalue weighted by Crippen LogP contribution is 2.26. The van der Waals surface area contributed by atoms with Gasteiger partial charge in [-0.15, -0.1) is 11.3 Å². The van der Waals surface area contributed by atoms with E-state index in [2.05, 4.69) is 10.3 Å². The molecule has 4 rings (SSSR count). The van der Waals surface area contributed by atoms with Crippen LogP contribution in [-0.4, -0.2) is 27.7 Å². The molecule has 1 aromatic carbocycles. The molecule has 2 amide bonds. The lowest BCUT2D eigenvalue weighted by Gasteiger charge is -2.33. The number of rotatable bonds is 8. The molecule has 2 heterocycles. The highest BCUT2D eigenvalue weighted by atomic mass is 32.1. The van der Waals surface area contributed by atoms with Crippen molar-refractivity contribution < 1.29 is 14.0 Å². The van der Waals surface area contributed by atoms with Gasteiger partial charge in [-0.05, 0) is 54.1 Å². The molecule has 5 nitrogen and oxygen atoms in total. The topological polar surface area (TPSA) is 62.3 Å². The largest absolute Gasteiger partial charge is 0.351 e. The summed E-state index contributed by atoms with van der Waals surface area (Å²) in [7, 11) is 0. The Labute approximate surface area is 197 Å². The molecule has 2 aromatic heterocycles. The van der Waals surface area contributed by atoms with Crippen LogP contribution in [0, 0.1) is 5.82 Å². The number of nitrogens with one attached hydrogen (secondary N) is 1. The zero-order valence-corrected chi connectivity index (χ0v) is 19.3. The average molecular weight is 466 g/mol. The number of carbonyl (C=O) groups excluding carboxylic acids is 2. The van der Waals surface area contributed by atoms with Gasteiger partial charge < -0.3 is 10.2 Å². The normalized spacial score (nSPS) is 15.1. The maximum Gasteiger partial charge on any atom is 0.249 e. The van der Waals surface area contributed by atoms with Crippen LogP contribution in [0.2, 0.25) is 0 Å². The summed E-state index contributed by atoms with van der Waals surface area (Å²) >= 11 is 1.51. The molecular formula is C26H28FN3O2S. The molecule has 1 saturated carbocycles. The number of halogens is 1. The Morgan fingerprint density at radius 1 is 1.06 bits per heavy atom. The van der Waals surface area contributed by atoms with Crippen LogP contribution in [0.5, 0.6) is 0 Å². The third-order valence-corrected chi connectivity index (χ3v) is 6.85. The monoisotopic (exact) mass is 465 g/mol. The van der Waals surface area contributed by atoms with E-state index in [1.807, 2.05) is 23.6 Å². The van der Waals surface area contributed by atoms with Crippen LogP contribution in [0.25, 0.3) is 0 Å². The van der Waals surface area contributed by atoms with Crippen LogP contribution in [0.1, 0.15) is 54.3 Å². The molecule has 1 atom stereocenters. The van der Waals surface area contributed by atoms with Gasteiger partial charge in [-0.3, -0.25) is 14.6 Å². The van der Waals surface area contributed by atoms with Crippen molar-refractivity contribution >= 4 is 23.2 Å². The van der Waals surface area contributed by atoms with E-state index in [-0.39, 0.29) is 36.6 Å². The third-order valence-electron chi connectivity index (χ3n) is 5.97. The van der Waals surface area contributed by atoms with Gasteiger partial charge >= 0.3 is 0 Å². The van der Waals surface area contributed by atoms with Gasteiger partial charge in [0.25, 0.3) is 0 Å². The van der Waals surface area contributed by atoms with Gasteiger partial charge in [-0.1, -0.05) is 43.5 Å². The van der Waals surface area contributed by atoms with E-state index in [0.29, 0.717) is 5.69 Å². The number of hydrogen-bond acceptors (Lipinski definition) is 4. The van der Waals surface area contributed by atoms with E-state index < -0.39 is 6.04 Å². The molecule has 0 aliphatic heterocycles. The zero-order chi connectivity index (χ0) is 23.0. The first-order valence-electron chi connectivity index (χ1n) is 11.4. The fourth-order valence-electron chi connectivity index (χ4n) is 4.27. The van der Waals surface area contributed by atoms with Gasteiger partial charge in [-0.25, -0.2) is 4.39 Å². The predicted molar refractivity (Wildman–Crippen MR) is 127 cm³/mol. The lowest BCUT2D eigenvalue weighted by molar-refractivity contribution is -0.141. The third kappa shape index (κ3) is 6.26. The zero-order valence-electron chi connectivity index (χ0n) is 18.5. The van der Waals surface area contributed by atoms with Crippen LogP contribution >= 0.6 is 11.3 Å². The second-order valence-electron chi connectivity index (χ2n) is 8.40. The van der Waals surface area contributed by atoms with Gasteiger partial charge in [-0.2, -0.15) is 0 Å². The summed E-state index contributed by atoms with van der Waals surface area (Å²) < 4.78 is 13.5. The van der Waals surface area contributed by atoms with Gasteiger partial charge in [0, 0.05) is 23.7 Å². The molecule has 1 aliphatic carbocycles. The summed E-state index contributed by atoms with van der Waals surface area (Å²) in [6, 6.07) is 14.5. The Kier molecular flexibility index (Phi) is 7.83. The van der Waals surface area contributed by atoms with Crippen molar-refractivity contribution in [1.82, 2.24) is 15.2 Å². The Bertz CT molecular complexity index is 1040. The Morgan fingerprint density at radius 2 is 1.85 bits per heavy atom. The molecule has 0 saturated heterocycles. The number of hydrogen-bond donors (Lipinski definition) is 1. The number of nitrogens with zero attached hydrogens (tertiary/aromatic N) is 2. The summed E-state index contributed by atoms with van der Waals surface area (Å²) in [6.45, 7) is 0.184. The molecule has 0 unspecified atom stereocenters. The standard InChI is InChI=1S/C26H28FN3O2S/c27-20-13-11-19(12-14-20)18-30(24(31)17-22-9-6-16-33-22)25(23-10-4-5-15-28-23)26(32)29-21-7-2-1-3-8-21/h4-6,9-16,21,25H,1-3,7-8,17-18H2,(H,29,32)/t25-/m1/s1. The van der Waals surface area contributed by atoms with Crippen molar-refractivity contribution in [2.75, 3.05) is 0 Å². The van der Waals surface area contributed by atoms with E-state index in [4.69, 9.17) is 0 Å². The minimum Gasteiger partial charge on any atom is -0.351 e. The van der Waals surface area contributed by atoms with Crippen LogP contribution in [0.3, 0.4) is 0 Å². The maximum atomic E-state index is 13.6. The van der Waals surface area contributed by atoms with Crippen molar-refractivity contribution in [3.05, 3.63) is 88.1 Å². The molecule has 1 fully saturated rings. The summed E-state index contributed by atoms with van der Waals surface area (Å²) in [6.07, 6.45) is 7.09. The number of thiophene rings is 1. The number of benzene rings is 1. The second kappa shape index (κ2) is 11.2. The Hall–Kier alpha value is -3.06. The van der Waals surface area contributed by atoms with E-state index >= 15 is 0 Å². The van der Waals surface area contributed by atoms with Crippen molar-refractivity contribution in [2.45, 2.75) is 57.2 Å². The van der Waals surface area contributed by atoms with Crippen LogP contribution < -0.4 is 5.32 Å². The van der Waals surface area contributed by atoms with Gasteiger partial charge in [0.05, 0.1) is 12.1 Å². The molecule has 7 heteroatoms. The van der Waals surface area contributed by atoms with Crippen molar-refractivity contribution in [2.24, 2.45) is 0 Å². The van der Waals surface area contributed by atoms with Crippen LogP contribution in [0.4, 0.5) is 4.39 Å². The lowest BCUT2D eigenvalue weighted by atomic mass is 9.95. The summed E-state index contributed by atoms with van der Waals surface area (Å²) in [4.78, 5) is 34.1. The molecule has 0 radical (unpaired) electrons. The second-order valence-corrected chi connectivity index (χ2v) is 9.44. The maximum absolute atomic E-state index is 13.6. The van der Waals surface area contributed by atoms with Crippen LogP contribution in [-0.2, 0) is 22.6 Å². The quantitative estimate of drug-likeness (QED) is 0.507. The minimum atomic E-state index is -0.870. The number of carbonyl (C=O) groups is 2. The molecular weight excluding hydrogens is 437 g/mol. The number of amides is 2. The molecule has 3 aromatic rings. The fourth-order valence-corrected chi connectivity index (χ4v) is 4.97. The first kappa shape index (κ1) is 23.1. The minimum absolute atomic E-state index is 0.109. The molecule has 172 valence electrons. The fraction of sp³-hybridized carbons (Fsp3) is 0.346. The summed E-state index contributed by atoms with van der Waals surface area (Å²) in [5, 5.41) is 5.11. The smallest absolute Gasteiger partial charge is 0.249 e. The van der Waals surface area contributed by atoms with Gasteiger partial charge in [0.2, 0.25) is 11.8 Å². The molecule has 1 aliphatic rings. The Balaban J connectivity index is 1.66. The average Bonchev–Trinajstić information content (AvgIpc) is 3.34. The molecule has 0 bridgehead atoms. The number of aromatic nitrogens is 1.